The number of hydrogen-bond acceptors (Lipinski definition) is 7. The molecule has 0 aliphatic rings. The highest BCUT2D eigenvalue weighted by Crippen LogP contribution is 2.25. The van der Waals surface area contributed by atoms with Gasteiger partial charge >= 0.3 is 5.97 Å². The lowest BCUT2D eigenvalue weighted by atomic mass is 10.2. The molecule has 0 fully saturated rings. The highest BCUT2D eigenvalue weighted by atomic mass is 16.6. The quantitative estimate of drug-likeness (QED) is 0.421. The van der Waals surface area contributed by atoms with Crippen LogP contribution in [-0.4, -0.2) is 32.4 Å². The van der Waals surface area contributed by atoms with Crippen LogP contribution in [0, 0.1) is 6.92 Å². The second-order valence-corrected chi connectivity index (χ2v) is 6.43. The topological polar surface area (TPSA) is 84.2 Å². The van der Waals surface area contributed by atoms with E-state index in [2.05, 4.69) is 0 Å². The molecule has 0 saturated carbocycles. The van der Waals surface area contributed by atoms with E-state index in [1.54, 1.807) is 31.2 Å². The van der Waals surface area contributed by atoms with Crippen molar-refractivity contribution in [2.24, 2.45) is 0 Å². The predicted octanol–water partition coefficient (Wildman–Crippen LogP) is 3.85. The third-order valence-electron chi connectivity index (χ3n) is 4.11. The third kappa shape index (κ3) is 5.14. The van der Waals surface area contributed by atoms with Crippen molar-refractivity contribution in [2.75, 3.05) is 20.3 Å². The van der Waals surface area contributed by atoms with Gasteiger partial charge in [0.25, 0.3) is 0 Å². The highest BCUT2D eigenvalue weighted by Gasteiger charge is 2.17. The number of fused-ring (bicyclic) bond motifs is 1. The molecule has 0 aliphatic carbocycles. The summed E-state index contributed by atoms with van der Waals surface area (Å²) in [5, 5.41) is 0.345. The van der Waals surface area contributed by atoms with Crippen LogP contribution >= 0.6 is 0 Å². The Morgan fingerprint density at radius 3 is 2.69 bits per heavy atom. The smallest absolute Gasteiger partial charge is 0.347 e. The van der Waals surface area contributed by atoms with Crippen molar-refractivity contribution in [3.63, 3.8) is 0 Å². The zero-order valence-electron chi connectivity index (χ0n) is 16.5. The molecule has 7 nitrogen and oxygen atoms in total. The first-order valence-electron chi connectivity index (χ1n) is 9.10. The van der Waals surface area contributed by atoms with Gasteiger partial charge in [0.05, 0.1) is 12.0 Å². The largest absolute Gasteiger partial charge is 0.479 e. The second-order valence-electron chi connectivity index (χ2n) is 6.43. The van der Waals surface area contributed by atoms with Crippen LogP contribution in [0.2, 0.25) is 0 Å². The van der Waals surface area contributed by atoms with E-state index in [4.69, 9.17) is 23.4 Å². The summed E-state index contributed by atoms with van der Waals surface area (Å²) in [5.41, 5.74) is 1.04. The summed E-state index contributed by atoms with van der Waals surface area (Å²) in [6.45, 7) is 3.98. The number of hydrogen-bond donors (Lipinski definition) is 0. The van der Waals surface area contributed by atoms with Gasteiger partial charge in [0.2, 0.25) is 11.2 Å². The molecule has 1 unspecified atom stereocenters. The number of aryl methyl sites for hydroxylation is 1. The molecule has 3 aromatic rings. The van der Waals surface area contributed by atoms with E-state index >= 15 is 0 Å². The second kappa shape index (κ2) is 9.25. The maximum atomic E-state index is 12.7. The lowest BCUT2D eigenvalue weighted by Gasteiger charge is -2.14. The molecular formula is C22H22O7. The number of carbonyl (C=O) groups excluding carboxylic acids is 1. The minimum Gasteiger partial charge on any atom is -0.479 e. The minimum absolute atomic E-state index is 0.0897. The van der Waals surface area contributed by atoms with Crippen molar-refractivity contribution >= 4 is 16.9 Å². The number of rotatable bonds is 8. The fourth-order valence-corrected chi connectivity index (χ4v) is 2.64. The van der Waals surface area contributed by atoms with E-state index in [1.807, 2.05) is 25.1 Å². The Kier molecular flexibility index (Phi) is 6.51. The van der Waals surface area contributed by atoms with Gasteiger partial charge in [-0.25, -0.2) is 4.79 Å². The Balaban J connectivity index is 1.75. The molecule has 0 saturated heterocycles. The van der Waals surface area contributed by atoms with Crippen LogP contribution in [0.15, 0.2) is 57.9 Å². The summed E-state index contributed by atoms with van der Waals surface area (Å²) in [6.07, 6.45) is 0.444. The first-order chi connectivity index (χ1) is 14.0. The first-order valence-corrected chi connectivity index (χ1v) is 9.10. The predicted molar refractivity (Wildman–Crippen MR) is 107 cm³/mol. The molecule has 1 aromatic heterocycles. The molecule has 0 spiro atoms. The van der Waals surface area contributed by atoms with E-state index in [-0.39, 0.29) is 17.8 Å². The maximum absolute atomic E-state index is 12.7. The van der Waals surface area contributed by atoms with Crippen LogP contribution in [-0.2, 0) is 14.3 Å². The summed E-state index contributed by atoms with van der Waals surface area (Å²) in [6, 6.07) is 12.1. The van der Waals surface area contributed by atoms with Gasteiger partial charge < -0.3 is 23.4 Å². The molecule has 1 atom stereocenters. The van der Waals surface area contributed by atoms with Crippen LogP contribution in [0.5, 0.6) is 17.2 Å². The zero-order valence-corrected chi connectivity index (χ0v) is 16.5. The van der Waals surface area contributed by atoms with Crippen molar-refractivity contribution < 1.29 is 28.2 Å². The van der Waals surface area contributed by atoms with Gasteiger partial charge in [-0.05, 0) is 43.7 Å². The van der Waals surface area contributed by atoms with Crippen LogP contribution in [0.4, 0.5) is 0 Å². The van der Waals surface area contributed by atoms with Gasteiger partial charge in [0.15, 0.2) is 6.10 Å². The van der Waals surface area contributed by atoms with Crippen molar-refractivity contribution in [1.29, 1.82) is 0 Å². The van der Waals surface area contributed by atoms with E-state index in [9.17, 15) is 9.59 Å². The summed E-state index contributed by atoms with van der Waals surface area (Å²) < 4.78 is 26.7. The van der Waals surface area contributed by atoms with Crippen LogP contribution in [0.25, 0.3) is 11.0 Å². The number of methoxy groups -OCH3 is 1. The van der Waals surface area contributed by atoms with Gasteiger partial charge in [-0.2, -0.15) is 0 Å². The standard InChI is InChI=1S/C22H22O7/c1-14-5-4-6-16(11-14)29-20-13-27-19-12-17(7-8-18(19)21(20)23)28-15(2)22(24)26-10-9-25-3/h4-8,11-13,15H,9-10H2,1-3H3. The van der Waals surface area contributed by atoms with Crippen molar-refractivity contribution in [2.45, 2.75) is 20.0 Å². The molecule has 7 heteroatoms. The van der Waals surface area contributed by atoms with Crippen molar-refractivity contribution in [1.82, 2.24) is 0 Å². The average molecular weight is 398 g/mol. The van der Waals surface area contributed by atoms with E-state index in [0.717, 1.165) is 5.56 Å². The lowest BCUT2D eigenvalue weighted by Crippen LogP contribution is -2.27. The number of esters is 1. The summed E-state index contributed by atoms with van der Waals surface area (Å²) >= 11 is 0. The van der Waals surface area contributed by atoms with E-state index in [1.165, 1.54) is 13.4 Å². The Bertz CT molecular complexity index is 1050. The third-order valence-corrected chi connectivity index (χ3v) is 4.11. The Morgan fingerprint density at radius 1 is 1.10 bits per heavy atom. The minimum atomic E-state index is -0.819. The van der Waals surface area contributed by atoms with Gasteiger partial charge in [-0.15, -0.1) is 0 Å². The highest BCUT2D eigenvalue weighted by molar-refractivity contribution is 5.79. The summed E-state index contributed by atoms with van der Waals surface area (Å²) in [5.74, 6) is 0.513. The molecule has 2 aromatic carbocycles. The van der Waals surface area contributed by atoms with Crippen LogP contribution in [0.1, 0.15) is 12.5 Å². The average Bonchev–Trinajstić information content (AvgIpc) is 2.70. The van der Waals surface area contributed by atoms with Crippen molar-refractivity contribution in [3.8, 4) is 17.2 Å². The molecule has 3 rings (SSSR count). The molecule has 152 valence electrons. The van der Waals surface area contributed by atoms with Gasteiger partial charge in [-0.3, -0.25) is 4.79 Å². The molecule has 0 N–H and O–H groups in total. The van der Waals surface area contributed by atoms with E-state index < -0.39 is 12.1 Å². The van der Waals surface area contributed by atoms with Gasteiger partial charge in [-0.1, -0.05) is 12.1 Å². The molecule has 0 amide bonds. The van der Waals surface area contributed by atoms with Gasteiger partial charge in [0, 0.05) is 13.2 Å². The maximum Gasteiger partial charge on any atom is 0.347 e. The Labute approximate surface area is 167 Å². The van der Waals surface area contributed by atoms with Crippen LogP contribution in [0.3, 0.4) is 0 Å². The fourth-order valence-electron chi connectivity index (χ4n) is 2.64. The van der Waals surface area contributed by atoms with Gasteiger partial charge in [0.1, 0.15) is 30.0 Å². The van der Waals surface area contributed by atoms with Crippen molar-refractivity contribution in [3.05, 3.63) is 64.5 Å². The Hall–Kier alpha value is -3.32. The molecule has 0 radical (unpaired) electrons. The van der Waals surface area contributed by atoms with Crippen LogP contribution < -0.4 is 14.9 Å². The SMILES string of the molecule is COCCOC(=O)C(C)Oc1ccc2c(=O)c(Oc3cccc(C)c3)coc2c1. The summed E-state index contributed by atoms with van der Waals surface area (Å²) in [7, 11) is 1.52. The lowest BCUT2D eigenvalue weighted by molar-refractivity contribution is -0.152. The Morgan fingerprint density at radius 2 is 1.93 bits per heavy atom. The monoisotopic (exact) mass is 398 g/mol. The molecule has 0 bridgehead atoms. The molecule has 0 aliphatic heterocycles. The fraction of sp³-hybridized carbons (Fsp3) is 0.273. The van der Waals surface area contributed by atoms with E-state index in [0.29, 0.717) is 29.1 Å². The molecule has 29 heavy (non-hydrogen) atoms. The number of carbonyl (C=O) groups is 1. The normalized spacial score (nSPS) is 11.8. The zero-order chi connectivity index (χ0) is 20.8. The number of benzene rings is 2. The molecular weight excluding hydrogens is 376 g/mol. The first kappa shape index (κ1) is 20.4. The molecule has 1 heterocycles. The number of ether oxygens (including phenoxy) is 4. The summed E-state index contributed by atoms with van der Waals surface area (Å²) in [4.78, 5) is 24.6.